The summed E-state index contributed by atoms with van der Waals surface area (Å²) in [7, 11) is 0. The molecule has 12 heavy (non-hydrogen) atoms. The van der Waals surface area contributed by atoms with Crippen LogP contribution in [0.1, 0.15) is 22.4 Å². The molecule has 0 radical (unpaired) electrons. The Morgan fingerprint density at radius 3 is 3.25 bits per heavy atom. The lowest BCUT2D eigenvalue weighted by atomic mass is 10.3. The van der Waals surface area contributed by atoms with E-state index in [2.05, 4.69) is 10.4 Å². The zero-order valence-electron chi connectivity index (χ0n) is 6.61. The van der Waals surface area contributed by atoms with Crippen molar-refractivity contribution in [3.8, 4) is 0 Å². The number of hydrogen-bond donors (Lipinski definition) is 2. The number of aromatic nitrogens is 2. The van der Waals surface area contributed by atoms with Crippen LogP contribution in [0.2, 0.25) is 0 Å². The summed E-state index contributed by atoms with van der Waals surface area (Å²) >= 11 is 0. The first-order chi connectivity index (χ1) is 5.68. The Kier molecular flexibility index (Phi) is 1.41. The van der Waals surface area contributed by atoms with Crippen molar-refractivity contribution in [1.82, 2.24) is 15.1 Å². The fourth-order valence-electron chi connectivity index (χ4n) is 1.27. The molecule has 0 bridgehead atoms. The lowest BCUT2D eigenvalue weighted by molar-refractivity contribution is 0.0591. The van der Waals surface area contributed by atoms with Crippen LogP contribution in [0.25, 0.3) is 0 Å². The number of aliphatic hydroxyl groups excluding tert-OH is 1. The van der Waals surface area contributed by atoms with Gasteiger partial charge < -0.3 is 10.4 Å². The van der Waals surface area contributed by atoms with Crippen LogP contribution in [-0.4, -0.2) is 27.3 Å². The van der Waals surface area contributed by atoms with Crippen molar-refractivity contribution >= 4 is 5.91 Å². The van der Waals surface area contributed by atoms with Gasteiger partial charge in [-0.15, -0.1) is 0 Å². The molecule has 0 aliphatic carbocycles. The van der Waals surface area contributed by atoms with Crippen molar-refractivity contribution in [1.29, 1.82) is 0 Å². The van der Waals surface area contributed by atoms with Gasteiger partial charge in [-0.1, -0.05) is 0 Å². The average Bonchev–Trinajstić information content (AvgIpc) is 2.41. The molecule has 1 aromatic rings. The van der Waals surface area contributed by atoms with Crippen molar-refractivity contribution in [3.05, 3.63) is 17.5 Å². The second-order valence-electron chi connectivity index (χ2n) is 2.81. The minimum absolute atomic E-state index is 0.180. The number of amides is 1. The van der Waals surface area contributed by atoms with Gasteiger partial charge in [0.2, 0.25) is 0 Å². The van der Waals surface area contributed by atoms with E-state index in [4.69, 9.17) is 0 Å². The molecule has 0 saturated heterocycles. The summed E-state index contributed by atoms with van der Waals surface area (Å²) in [4.78, 5) is 11.2. The number of β-amino-alcohol motifs (C(OH)–C–C–N with tert-alkyl or cyclic N) is 1. The molecular weight excluding hydrogens is 158 g/mol. The van der Waals surface area contributed by atoms with E-state index in [9.17, 15) is 9.90 Å². The molecule has 5 nitrogen and oxygen atoms in total. The van der Waals surface area contributed by atoms with E-state index in [1.54, 1.807) is 13.0 Å². The van der Waals surface area contributed by atoms with E-state index >= 15 is 0 Å². The number of rotatable bonds is 0. The molecule has 5 heteroatoms. The Labute approximate surface area is 69.0 Å². The van der Waals surface area contributed by atoms with Crippen LogP contribution in [0.4, 0.5) is 0 Å². The first-order valence-electron chi connectivity index (χ1n) is 3.71. The van der Waals surface area contributed by atoms with E-state index in [0.717, 1.165) is 5.69 Å². The van der Waals surface area contributed by atoms with Gasteiger partial charge in [0.1, 0.15) is 5.69 Å². The van der Waals surface area contributed by atoms with E-state index in [-0.39, 0.29) is 12.5 Å². The SMILES string of the molecule is Cc1cc2n(n1)C(O)CNC2=O. The van der Waals surface area contributed by atoms with Crippen LogP contribution >= 0.6 is 0 Å². The van der Waals surface area contributed by atoms with Crippen molar-refractivity contribution in [2.24, 2.45) is 0 Å². The van der Waals surface area contributed by atoms with Crippen LogP contribution in [0.3, 0.4) is 0 Å². The molecule has 0 saturated carbocycles. The number of nitrogens with zero attached hydrogens (tertiary/aromatic N) is 2. The molecule has 0 spiro atoms. The Hall–Kier alpha value is -1.36. The number of carbonyl (C=O) groups is 1. The minimum atomic E-state index is -0.730. The van der Waals surface area contributed by atoms with Crippen LogP contribution in [-0.2, 0) is 0 Å². The van der Waals surface area contributed by atoms with Gasteiger partial charge in [-0.2, -0.15) is 5.10 Å². The van der Waals surface area contributed by atoms with Crippen molar-refractivity contribution in [2.75, 3.05) is 6.54 Å². The minimum Gasteiger partial charge on any atom is -0.370 e. The third-order valence-corrected chi connectivity index (χ3v) is 1.82. The fraction of sp³-hybridized carbons (Fsp3) is 0.429. The average molecular weight is 167 g/mol. The predicted octanol–water partition coefficient (Wildman–Crippen LogP) is -0.574. The summed E-state index contributed by atoms with van der Waals surface area (Å²) in [6, 6.07) is 1.65. The highest BCUT2D eigenvalue weighted by atomic mass is 16.3. The van der Waals surface area contributed by atoms with Crippen LogP contribution < -0.4 is 5.32 Å². The number of aryl methyl sites for hydroxylation is 1. The van der Waals surface area contributed by atoms with Gasteiger partial charge in [-0.25, -0.2) is 4.68 Å². The summed E-state index contributed by atoms with van der Waals surface area (Å²) in [6.07, 6.45) is -0.730. The summed E-state index contributed by atoms with van der Waals surface area (Å²) in [6.45, 7) is 2.01. The molecular formula is C7H9N3O2. The summed E-state index contributed by atoms with van der Waals surface area (Å²) in [5.41, 5.74) is 1.16. The maximum atomic E-state index is 11.2. The Morgan fingerprint density at radius 1 is 1.83 bits per heavy atom. The molecule has 1 aliphatic heterocycles. The maximum Gasteiger partial charge on any atom is 0.269 e. The highest BCUT2D eigenvalue weighted by molar-refractivity contribution is 5.93. The summed E-state index contributed by atoms with van der Waals surface area (Å²) in [5.74, 6) is -0.180. The maximum absolute atomic E-state index is 11.2. The first-order valence-corrected chi connectivity index (χ1v) is 3.71. The van der Waals surface area contributed by atoms with Gasteiger partial charge in [0.25, 0.3) is 5.91 Å². The molecule has 1 unspecified atom stereocenters. The van der Waals surface area contributed by atoms with Crippen molar-refractivity contribution in [3.63, 3.8) is 0 Å². The second kappa shape index (κ2) is 2.31. The van der Waals surface area contributed by atoms with Crippen molar-refractivity contribution < 1.29 is 9.90 Å². The number of fused-ring (bicyclic) bond motifs is 1. The molecule has 64 valence electrons. The quantitative estimate of drug-likeness (QED) is 0.543. The number of hydrogen-bond acceptors (Lipinski definition) is 3. The lowest BCUT2D eigenvalue weighted by Gasteiger charge is -2.19. The van der Waals surface area contributed by atoms with Gasteiger partial charge in [0.15, 0.2) is 6.23 Å². The van der Waals surface area contributed by atoms with E-state index in [1.807, 2.05) is 0 Å². The normalized spacial score (nSPS) is 21.8. The lowest BCUT2D eigenvalue weighted by Crippen LogP contribution is -2.39. The van der Waals surface area contributed by atoms with Crippen molar-refractivity contribution in [2.45, 2.75) is 13.2 Å². The molecule has 2 N–H and O–H groups in total. The van der Waals surface area contributed by atoms with Crippen LogP contribution in [0, 0.1) is 6.92 Å². The van der Waals surface area contributed by atoms with Crippen LogP contribution in [0.15, 0.2) is 6.07 Å². The molecule has 1 aromatic heterocycles. The second-order valence-corrected chi connectivity index (χ2v) is 2.81. The third-order valence-electron chi connectivity index (χ3n) is 1.82. The van der Waals surface area contributed by atoms with Gasteiger partial charge >= 0.3 is 0 Å². The number of carbonyl (C=O) groups excluding carboxylic acids is 1. The Morgan fingerprint density at radius 2 is 2.58 bits per heavy atom. The Bertz CT molecular complexity index is 331. The topological polar surface area (TPSA) is 67.2 Å². The van der Waals surface area contributed by atoms with Gasteiger partial charge in [0, 0.05) is 0 Å². The number of nitrogens with one attached hydrogen (secondary N) is 1. The van der Waals surface area contributed by atoms with E-state index in [1.165, 1.54) is 4.68 Å². The zero-order chi connectivity index (χ0) is 8.72. The molecule has 2 rings (SSSR count). The largest absolute Gasteiger partial charge is 0.370 e. The number of aliphatic hydroxyl groups is 1. The molecule has 0 aromatic carbocycles. The van der Waals surface area contributed by atoms with Gasteiger partial charge in [0.05, 0.1) is 12.2 Å². The Balaban J connectivity index is 2.54. The summed E-state index contributed by atoms with van der Waals surface area (Å²) < 4.78 is 1.34. The summed E-state index contributed by atoms with van der Waals surface area (Å²) in [5, 5.41) is 15.9. The third kappa shape index (κ3) is 0.902. The molecule has 2 heterocycles. The standard InChI is InChI=1S/C7H9N3O2/c1-4-2-5-7(12)8-3-6(11)10(5)9-4/h2,6,11H,3H2,1H3,(H,8,12). The van der Waals surface area contributed by atoms with Crippen LogP contribution in [0.5, 0.6) is 0 Å². The first kappa shape index (κ1) is 7.30. The highest BCUT2D eigenvalue weighted by Crippen LogP contribution is 2.12. The zero-order valence-corrected chi connectivity index (χ0v) is 6.61. The molecule has 1 amide bonds. The molecule has 0 fully saturated rings. The van der Waals surface area contributed by atoms with Gasteiger partial charge in [-0.3, -0.25) is 4.79 Å². The fourth-order valence-corrected chi connectivity index (χ4v) is 1.27. The highest BCUT2D eigenvalue weighted by Gasteiger charge is 2.24. The molecule has 1 atom stereocenters. The van der Waals surface area contributed by atoms with E-state index in [0.29, 0.717) is 5.69 Å². The van der Waals surface area contributed by atoms with E-state index < -0.39 is 6.23 Å². The smallest absolute Gasteiger partial charge is 0.269 e. The predicted molar refractivity (Wildman–Crippen MR) is 40.6 cm³/mol. The monoisotopic (exact) mass is 167 g/mol. The van der Waals surface area contributed by atoms with Gasteiger partial charge in [-0.05, 0) is 13.0 Å². The molecule has 1 aliphatic rings.